The van der Waals surface area contributed by atoms with Gasteiger partial charge in [0.2, 0.25) is 17.7 Å². The number of rotatable bonds is 6. The Bertz CT molecular complexity index is 1120. The van der Waals surface area contributed by atoms with Crippen molar-refractivity contribution in [3.8, 4) is 17.5 Å². The monoisotopic (exact) mass is 444 g/mol. The van der Waals surface area contributed by atoms with Gasteiger partial charge >= 0.3 is 0 Å². The number of fused-ring (bicyclic) bond motifs is 2. The van der Waals surface area contributed by atoms with Gasteiger partial charge in [-0.05, 0) is 44.4 Å². The van der Waals surface area contributed by atoms with E-state index in [1.54, 1.807) is 6.20 Å². The molecular formula is C26H28N4O3. The van der Waals surface area contributed by atoms with Crippen LogP contribution in [0.2, 0.25) is 0 Å². The Hall–Kier alpha value is -3.48. The van der Waals surface area contributed by atoms with Crippen molar-refractivity contribution in [2.24, 2.45) is 0 Å². The number of amides is 1. The van der Waals surface area contributed by atoms with Crippen molar-refractivity contribution >= 4 is 5.91 Å². The average molecular weight is 445 g/mol. The fourth-order valence-electron chi connectivity index (χ4n) is 4.97. The normalized spacial score (nSPS) is 21.6. The number of carbonyl (C=O) groups is 1. The summed E-state index contributed by atoms with van der Waals surface area (Å²) in [5.41, 5.74) is 2.62. The Morgan fingerprint density at radius 3 is 2.42 bits per heavy atom. The molecule has 0 aliphatic carbocycles. The summed E-state index contributed by atoms with van der Waals surface area (Å²) in [5.74, 6) is 1.88. The second-order valence-corrected chi connectivity index (χ2v) is 8.86. The van der Waals surface area contributed by atoms with Gasteiger partial charge in [-0.15, -0.1) is 0 Å². The summed E-state index contributed by atoms with van der Waals surface area (Å²) in [5, 5.41) is 0. The lowest BCUT2D eigenvalue weighted by Crippen LogP contribution is -2.49. The maximum absolute atomic E-state index is 13.0. The van der Waals surface area contributed by atoms with Crippen LogP contribution >= 0.6 is 0 Å². The smallest absolute Gasteiger partial charge is 0.229 e. The summed E-state index contributed by atoms with van der Waals surface area (Å²) >= 11 is 0. The van der Waals surface area contributed by atoms with E-state index in [1.165, 1.54) is 6.33 Å². The standard InChI is InChI=1S/C26H28N4O3/c1-17-25(28-16-29-26(17)33-23-9-6-12-27-18(23)2)32-22-14-20-10-11-21(15-22)30(20)24(31)13-19-7-4-3-5-8-19/h3-9,12,16,20-22H,10-11,13-15H2,1-2H3/t20-,21+,22-. The third-order valence-electron chi connectivity index (χ3n) is 6.61. The number of hydrogen-bond acceptors (Lipinski definition) is 6. The molecule has 3 atom stereocenters. The molecule has 1 aromatic carbocycles. The molecule has 5 rings (SSSR count). The molecule has 0 spiro atoms. The molecule has 0 unspecified atom stereocenters. The summed E-state index contributed by atoms with van der Waals surface area (Å²) in [6.07, 6.45) is 7.37. The summed E-state index contributed by atoms with van der Waals surface area (Å²) in [4.78, 5) is 28.1. The fourth-order valence-corrected chi connectivity index (χ4v) is 4.97. The van der Waals surface area contributed by atoms with E-state index in [0.29, 0.717) is 23.9 Å². The number of piperidine rings is 1. The number of hydrogen-bond donors (Lipinski definition) is 0. The Labute approximate surface area is 193 Å². The quantitative estimate of drug-likeness (QED) is 0.560. The van der Waals surface area contributed by atoms with Gasteiger partial charge in [0.25, 0.3) is 0 Å². The minimum absolute atomic E-state index is 0.0184. The van der Waals surface area contributed by atoms with Crippen molar-refractivity contribution in [2.75, 3.05) is 0 Å². The largest absolute Gasteiger partial charge is 0.474 e. The molecule has 7 nitrogen and oxygen atoms in total. The molecule has 0 saturated carbocycles. The van der Waals surface area contributed by atoms with E-state index < -0.39 is 0 Å². The van der Waals surface area contributed by atoms with Crippen molar-refractivity contribution in [3.63, 3.8) is 0 Å². The van der Waals surface area contributed by atoms with E-state index in [2.05, 4.69) is 19.9 Å². The van der Waals surface area contributed by atoms with Crippen LogP contribution in [0.3, 0.4) is 0 Å². The van der Waals surface area contributed by atoms with Crippen molar-refractivity contribution in [2.45, 2.75) is 64.1 Å². The maximum atomic E-state index is 13.0. The van der Waals surface area contributed by atoms with Gasteiger partial charge < -0.3 is 14.4 Å². The minimum atomic E-state index is 0.0184. The molecule has 3 aromatic rings. The number of aromatic nitrogens is 3. The van der Waals surface area contributed by atoms with Gasteiger partial charge in [0.15, 0.2) is 5.75 Å². The fraction of sp³-hybridized carbons (Fsp3) is 0.385. The van der Waals surface area contributed by atoms with Crippen molar-refractivity contribution in [3.05, 3.63) is 71.8 Å². The van der Waals surface area contributed by atoms with Gasteiger partial charge in [0, 0.05) is 31.1 Å². The molecule has 2 aliphatic rings. The lowest BCUT2D eigenvalue weighted by Gasteiger charge is -2.39. The molecule has 1 amide bonds. The van der Waals surface area contributed by atoms with E-state index in [0.717, 1.165) is 42.5 Å². The molecule has 2 aliphatic heterocycles. The van der Waals surface area contributed by atoms with Gasteiger partial charge in [0.05, 0.1) is 17.7 Å². The molecule has 2 saturated heterocycles. The summed E-state index contributed by atoms with van der Waals surface area (Å²) < 4.78 is 12.3. The molecule has 2 bridgehead atoms. The van der Waals surface area contributed by atoms with Crippen LogP contribution in [0.25, 0.3) is 0 Å². The van der Waals surface area contributed by atoms with Gasteiger partial charge in [0.1, 0.15) is 12.4 Å². The summed E-state index contributed by atoms with van der Waals surface area (Å²) in [6.45, 7) is 3.80. The SMILES string of the molecule is Cc1ncccc1Oc1ncnc(O[C@@H]2C[C@H]3CC[C@@H](C2)N3C(=O)Cc2ccccc2)c1C. The zero-order chi connectivity index (χ0) is 22.8. The highest BCUT2D eigenvalue weighted by atomic mass is 16.5. The van der Waals surface area contributed by atoms with Gasteiger partial charge in [-0.25, -0.2) is 9.97 Å². The number of pyridine rings is 1. The van der Waals surface area contributed by atoms with E-state index >= 15 is 0 Å². The predicted octanol–water partition coefficient (Wildman–Crippen LogP) is 4.42. The van der Waals surface area contributed by atoms with Crippen molar-refractivity contribution in [1.29, 1.82) is 0 Å². The summed E-state index contributed by atoms with van der Waals surface area (Å²) in [6, 6.07) is 14.1. The topological polar surface area (TPSA) is 77.4 Å². The Morgan fingerprint density at radius 1 is 0.970 bits per heavy atom. The molecule has 0 radical (unpaired) electrons. The number of ether oxygens (including phenoxy) is 2. The van der Waals surface area contributed by atoms with Crippen LogP contribution in [0.4, 0.5) is 0 Å². The van der Waals surface area contributed by atoms with Crippen LogP contribution in [0.5, 0.6) is 17.5 Å². The molecule has 2 aromatic heterocycles. The lowest BCUT2D eigenvalue weighted by molar-refractivity contribution is -0.136. The Balaban J connectivity index is 1.25. The Kier molecular flexibility index (Phi) is 5.94. The molecule has 0 N–H and O–H groups in total. The predicted molar refractivity (Wildman–Crippen MR) is 123 cm³/mol. The van der Waals surface area contributed by atoms with Crippen LogP contribution in [0.15, 0.2) is 55.0 Å². The summed E-state index contributed by atoms with van der Waals surface area (Å²) in [7, 11) is 0. The first kappa shape index (κ1) is 21.4. The number of benzene rings is 1. The van der Waals surface area contributed by atoms with E-state index in [9.17, 15) is 4.79 Å². The molecule has 4 heterocycles. The molecular weight excluding hydrogens is 416 g/mol. The third-order valence-corrected chi connectivity index (χ3v) is 6.61. The van der Waals surface area contributed by atoms with Crippen LogP contribution in [0.1, 0.15) is 42.5 Å². The highest BCUT2D eigenvalue weighted by molar-refractivity contribution is 5.80. The van der Waals surface area contributed by atoms with Gasteiger partial charge in [-0.3, -0.25) is 9.78 Å². The van der Waals surface area contributed by atoms with Gasteiger partial charge in [-0.1, -0.05) is 30.3 Å². The lowest BCUT2D eigenvalue weighted by atomic mass is 9.98. The third kappa shape index (κ3) is 4.53. The maximum Gasteiger partial charge on any atom is 0.229 e. The first-order chi connectivity index (χ1) is 16.1. The van der Waals surface area contributed by atoms with E-state index in [4.69, 9.17) is 9.47 Å². The second kappa shape index (κ2) is 9.17. The zero-order valence-corrected chi connectivity index (χ0v) is 19.0. The van der Waals surface area contributed by atoms with Crippen molar-refractivity contribution in [1.82, 2.24) is 19.9 Å². The molecule has 7 heteroatoms. The average Bonchev–Trinajstić information content (AvgIpc) is 3.09. The molecule has 33 heavy (non-hydrogen) atoms. The Morgan fingerprint density at radius 2 is 1.70 bits per heavy atom. The number of nitrogens with zero attached hydrogens (tertiary/aromatic N) is 4. The zero-order valence-electron chi connectivity index (χ0n) is 19.0. The van der Waals surface area contributed by atoms with Crippen LogP contribution in [-0.4, -0.2) is 43.9 Å². The highest BCUT2D eigenvalue weighted by Crippen LogP contribution is 2.38. The van der Waals surface area contributed by atoms with Gasteiger partial charge in [-0.2, -0.15) is 0 Å². The molecule has 2 fully saturated rings. The first-order valence-electron chi connectivity index (χ1n) is 11.5. The first-order valence-corrected chi connectivity index (χ1v) is 11.5. The number of carbonyl (C=O) groups excluding carboxylic acids is 1. The highest BCUT2D eigenvalue weighted by Gasteiger charge is 2.44. The van der Waals surface area contributed by atoms with Crippen LogP contribution < -0.4 is 9.47 Å². The second-order valence-electron chi connectivity index (χ2n) is 8.86. The van der Waals surface area contributed by atoms with Crippen molar-refractivity contribution < 1.29 is 14.3 Å². The molecule has 170 valence electrons. The van der Waals surface area contributed by atoms with Crippen LogP contribution in [-0.2, 0) is 11.2 Å². The minimum Gasteiger partial charge on any atom is -0.474 e. The van der Waals surface area contributed by atoms with Crippen LogP contribution in [0, 0.1) is 13.8 Å². The van der Waals surface area contributed by atoms with E-state index in [1.807, 2.05) is 56.3 Å². The van der Waals surface area contributed by atoms with E-state index in [-0.39, 0.29) is 24.1 Å². The number of aryl methyl sites for hydroxylation is 1.